The van der Waals surface area contributed by atoms with Gasteiger partial charge < -0.3 is 0 Å². The Morgan fingerprint density at radius 2 is 2.12 bits per heavy atom. The van der Waals surface area contributed by atoms with Crippen LogP contribution in [0.3, 0.4) is 0 Å². The first kappa shape index (κ1) is 16.0. The highest BCUT2D eigenvalue weighted by Crippen LogP contribution is 2.24. The second kappa shape index (κ2) is 6.41. The topological polar surface area (TPSA) is 78.0 Å². The van der Waals surface area contributed by atoms with Crippen LogP contribution < -0.4 is 5.56 Å². The highest BCUT2D eigenvalue weighted by atomic mass is 32.2. The third kappa shape index (κ3) is 3.08. The number of hydrogen-bond donors (Lipinski definition) is 0. The van der Waals surface area contributed by atoms with Gasteiger partial charge in [-0.1, -0.05) is 29.5 Å². The first-order valence-corrected chi connectivity index (χ1v) is 9.43. The molecule has 0 N–H and O–H groups in total. The molecule has 0 aliphatic heterocycles. The molecule has 1 aromatic carbocycles. The van der Waals surface area contributed by atoms with E-state index in [0.29, 0.717) is 21.6 Å². The van der Waals surface area contributed by atoms with Crippen LogP contribution >= 0.6 is 23.1 Å². The molecule has 0 bridgehead atoms. The van der Waals surface area contributed by atoms with E-state index in [4.69, 9.17) is 0 Å². The lowest BCUT2D eigenvalue weighted by atomic mass is 10.1. The molecule has 0 unspecified atom stereocenters. The molecule has 4 rings (SSSR count). The molecule has 0 spiro atoms. The van der Waals surface area contributed by atoms with Gasteiger partial charge in [0.1, 0.15) is 0 Å². The summed E-state index contributed by atoms with van der Waals surface area (Å²) in [4.78, 5) is 17.3. The number of rotatable bonds is 4. The maximum absolute atomic E-state index is 12.1. The van der Waals surface area contributed by atoms with Crippen molar-refractivity contribution in [2.75, 3.05) is 0 Å². The van der Waals surface area contributed by atoms with Crippen LogP contribution in [0.4, 0.5) is 0 Å². The third-order valence-electron chi connectivity index (χ3n) is 3.73. The van der Waals surface area contributed by atoms with Gasteiger partial charge in [-0.25, -0.2) is 4.98 Å². The summed E-state index contributed by atoms with van der Waals surface area (Å²) in [5.74, 6) is 0.523. The van der Waals surface area contributed by atoms with Gasteiger partial charge in [0.05, 0.1) is 11.4 Å². The summed E-state index contributed by atoms with van der Waals surface area (Å²) in [6.07, 6.45) is 1.73. The van der Waals surface area contributed by atoms with Crippen molar-refractivity contribution >= 4 is 28.1 Å². The molecule has 3 aromatic heterocycles. The first-order valence-electron chi connectivity index (χ1n) is 7.56. The number of benzene rings is 1. The normalized spacial score (nSPS) is 11.3. The SMILES string of the molecule is Cc1ccc(-n2nnnc2SCc2cc(=O)n3ccsc3n2)c(C)c1. The Balaban J connectivity index is 1.61. The van der Waals surface area contributed by atoms with Crippen molar-refractivity contribution in [3.05, 3.63) is 63.0 Å². The monoisotopic (exact) mass is 370 g/mol. The van der Waals surface area contributed by atoms with Crippen LogP contribution in [0.5, 0.6) is 0 Å². The summed E-state index contributed by atoms with van der Waals surface area (Å²) in [7, 11) is 0. The van der Waals surface area contributed by atoms with Gasteiger partial charge in [-0.2, -0.15) is 4.68 Å². The molecule has 126 valence electrons. The molecule has 3 heterocycles. The van der Waals surface area contributed by atoms with Gasteiger partial charge in [0.2, 0.25) is 5.16 Å². The zero-order valence-electron chi connectivity index (χ0n) is 13.6. The molecule has 0 amide bonds. The maximum Gasteiger partial charge on any atom is 0.258 e. The van der Waals surface area contributed by atoms with Gasteiger partial charge in [-0.3, -0.25) is 9.20 Å². The molecule has 4 aromatic rings. The van der Waals surface area contributed by atoms with E-state index in [9.17, 15) is 4.79 Å². The van der Waals surface area contributed by atoms with Crippen molar-refractivity contribution in [3.8, 4) is 5.69 Å². The second-order valence-electron chi connectivity index (χ2n) is 5.59. The van der Waals surface area contributed by atoms with Gasteiger partial charge >= 0.3 is 0 Å². The Bertz CT molecular complexity index is 1110. The highest BCUT2D eigenvalue weighted by Gasteiger charge is 2.12. The number of fused-ring (bicyclic) bond motifs is 1. The molecule has 0 aliphatic carbocycles. The van der Waals surface area contributed by atoms with Crippen LogP contribution in [0.25, 0.3) is 10.6 Å². The average molecular weight is 370 g/mol. The van der Waals surface area contributed by atoms with Crippen molar-refractivity contribution in [2.24, 2.45) is 0 Å². The fourth-order valence-corrected chi connectivity index (χ4v) is 4.08. The van der Waals surface area contributed by atoms with Gasteiger partial charge in [0.15, 0.2) is 4.96 Å². The van der Waals surface area contributed by atoms with E-state index in [1.54, 1.807) is 21.3 Å². The van der Waals surface area contributed by atoms with Crippen molar-refractivity contribution in [1.82, 2.24) is 29.6 Å². The van der Waals surface area contributed by atoms with E-state index in [0.717, 1.165) is 11.3 Å². The third-order valence-corrected chi connectivity index (χ3v) is 5.44. The van der Waals surface area contributed by atoms with Crippen LogP contribution in [-0.2, 0) is 5.75 Å². The number of nitrogens with zero attached hydrogens (tertiary/aromatic N) is 6. The molecule has 0 saturated carbocycles. The standard InChI is InChI=1S/C16H14N6OS2/c1-10-3-4-13(11(2)7-10)22-16(18-19-20-22)25-9-12-8-14(23)21-5-6-24-15(21)17-12/h3-8H,9H2,1-2H3. The summed E-state index contributed by atoms with van der Waals surface area (Å²) in [5, 5.41) is 14.5. The van der Waals surface area contributed by atoms with Crippen molar-refractivity contribution < 1.29 is 0 Å². The lowest BCUT2D eigenvalue weighted by molar-refractivity contribution is 0.751. The van der Waals surface area contributed by atoms with Gasteiger partial charge in [-0.15, -0.1) is 16.4 Å². The zero-order valence-corrected chi connectivity index (χ0v) is 15.2. The molecule has 0 fully saturated rings. The Morgan fingerprint density at radius 3 is 2.96 bits per heavy atom. The number of thioether (sulfide) groups is 1. The van der Waals surface area contributed by atoms with Crippen molar-refractivity contribution in [3.63, 3.8) is 0 Å². The predicted octanol–water partition coefficient (Wildman–Crippen LogP) is 2.64. The van der Waals surface area contributed by atoms with Crippen LogP contribution in [-0.4, -0.2) is 29.6 Å². The Hall–Kier alpha value is -2.52. The lowest BCUT2D eigenvalue weighted by Crippen LogP contribution is -2.12. The van der Waals surface area contributed by atoms with E-state index >= 15 is 0 Å². The van der Waals surface area contributed by atoms with Crippen LogP contribution in [0, 0.1) is 13.8 Å². The minimum absolute atomic E-state index is 0.0733. The van der Waals surface area contributed by atoms with Gasteiger partial charge in [0, 0.05) is 23.4 Å². The summed E-state index contributed by atoms with van der Waals surface area (Å²) in [5.41, 5.74) is 3.88. The molecular formula is C16H14N6OS2. The highest BCUT2D eigenvalue weighted by molar-refractivity contribution is 7.98. The fraction of sp³-hybridized carbons (Fsp3) is 0.188. The maximum atomic E-state index is 12.1. The zero-order chi connectivity index (χ0) is 17.4. The Kier molecular flexibility index (Phi) is 4.10. The Labute approximate surface area is 151 Å². The fourth-order valence-electron chi connectivity index (χ4n) is 2.56. The van der Waals surface area contributed by atoms with Crippen LogP contribution in [0.2, 0.25) is 0 Å². The number of aryl methyl sites for hydroxylation is 2. The molecular weight excluding hydrogens is 356 g/mol. The molecule has 9 heteroatoms. The molecule has 0 saturated heterocycles. The summed E-state index contributed by atoms with van der Waals surface area (Å²) in [6, 6.07) is 7.69. The summed E-state index contributed by atoms with van der Waals surface area (Å²) >= 11 is 2.89. The second-order valence-corrected chi connectivity index (χ2v) is 7.41. The number of tetrazole rings is 1. The number of aromatic nitrogens is 6. The van der Waals surface area contributed by atoms with E-state index in [1.165, 1.54) is 28.7 Å². The number of hydrogen-bond acceptors (Lipinski definition) is 7. The molecule has 7 nitrogen and oxygen atoms in total. The average Bonchev–Trinajstić information content (AvgIpc) is 3.22. The molecule has 0 aliphatic rings. The molecule has 0 radical (unpaired) electrons. The van der Waals surface area contributed by atoms with Gasteiger partial charge in [0.25, 0.3) is 5.56 Å². The van der Waals surface area contributed by atoms with E-state index in [-0.39, 0.29) is 5.56 Å². The quantitative estimate of drug-likeness (QED) is 0.514. The van der Waals surface area contributed by atoms with Crippen molar-refractivity contribution in [2.45, 2.75) is 24.8 Å². The molecule has 0 atom stereocenters. The lowest BCUT2D eigenvalue weighted by Gasteiger charge is -2.08. The Morgan fingerprint density at radius 1 is 1.24 bits per heavy atom. The number of thiazole rings is 1. The van der Waals surface area contributed by atoms with Crippen LogP contribution in [0.1, 0.15) is 16.8 Å². The minimum Gasteiger partial charge on any atom is -0.269 e. The molecule has 25 heavy (non-hydrogen) atoms. The van der Waals surface area contributed by atoms with E-state index in [2.05, 4.69) is 33.5 Å². The first-order chi connectivity index (χ1) is 12.1. The van der Waals surface area contributed by atoms with E-state index in [1.807, 2.05) is 24.4 Å². The van der Waals surface area contributed by atoms with Crippen molar-refractivity contribution in [1.29, 1.82) is 0 Å². The largest absolute Gasteiger partial charge is 0.269 e. The van der Waals surface area contributed by atoms with Crippen LogP contribution in [0.15, 0.2) is 45.8 Å². The predicted molar refractivity (Wildman–Crippen MR) is 97.5 cm³/mol. The summed E-state index contributed by atoms with van der Waals surface area (Å²) in [6.45, 7) is 4.09. The minimum atomic E-state index is -0.0733. The van der Waals surface area contributed by atoms with E-state index < -0.39 is 0 Å². The van der Waals surface area contributed by atoms with Gasteiger partial charge in [-0.05, 0) is 35.9 Å². The summed E-state index contributed by atoms with van der Waals surface area (Å²) < 4.78 is 3.26. The smallest absolute Gasteiger partial charge is 0.258 e.